The van der Waals surface area contributed by atoms with Crippen LogP contribution >= 0.6 is 0 Å². The quantitative estimate of drug-likeness (QED) is 0.570. The normalized spacial score (nSPS) is 18.7. The SMILES string of the molecule is C=C(C)OC(=O)N1CCC(N(CC)C(=O)C[C@@H]2C(=O)NC=CN2S(=O)(=O)c2ccc(C)cc2)CC1. The second kappa shape index (κ2) is 10.9. The minimum atomic E-state index is -4.04. The van der Waals surface area contributed by atoms with Crippen molar-refractivity contribution in [2.24, 2.45) is 0 Å². The number of hydrogen-bond acceptors (Lipinski definition) is 6. The number of sulfonamides is 1. The minimum absolute atomic E-state index is 0.0428. The van der Waals surface area contributed by atoms with Crippen LogP contribution in [0.5, 0.6) is 0 Å². The van der Waals surface area contributed by atoms with E-state index in [9.17, 15) is 22.8 Å². The van der Waals surface area contributed by atoms with Gasteiger partial charge in [-0.15, -0.1) is 0 Å². The summed E-state index contributed by atoms with van der Waals surface area (Å²) in [6, 6.07) is 4.98. The molecule has 2 aliphatic heterocycles. The molecule has 10 nitrogen and oxygen atoms in total. The number of ether oxygens (including phenoxy) is 1. The van der Waals surface area contributed by atoms with Crippen LogP contribution in [0.3, 0.4) is 0 Å². The third-order valence-corrected chi connectivity index (χ3v) is 7.91. The Bertz CT molecular complexity index is 1110. The fourth-order valence-electron chi connectivity index (χ4n) is 4.27. The molecule has 35 heavy (non-hydrogen) atoms. The Hall–Kier alpha value is -3.34. The molecule has 1 aromatic rings. The molecule has 3 rings (SSSR count). The van der Waals surface area contributed by atoms with Crippen LogP contribution in [0.4, 0.5) is 4.79 Å². The molecule has 2 heterocycles. The van der Waals surface area contributed by atoms with Crippen molar-refractivity contribution in [3.05, 3.63) is 54.6 Å². The molecule has 11 heteroatoms. The number of aryl methyl sites for hydroxylation is 1. The van der Waals surface area contributed by atoms with E-state index < -0.39 is 28.1 Å². The molecule has 1 atom stereocenters. The molecule has 2 aliphatic rings. The number of nitrogens with zero attached hydrogens (tertiary/aromatic N) is 3. The first-order chi connectivity index (χ1) is 16.5. The number of hydrogen-bond donors (Lipinski definition) is 1. The predicted octanol–water partition coefficient (Wildman–Crippen LogP) is 2.33. The van der Waals surface area contributed by atoms with Crippen LogP contribution in [0.15, 0.2) is 53.9 Å². The second-order valence-corrected chi connectivity index (χ2v) is 10.5. The fourth-order valence-corrected chi connectivity index (χ4v) is 5.72. The lowest BCUT2D eigenvalue weighted by atomic mass is 10.0. The third kappa shape index (κ3) is 6.02. The lowest BCUT2D eigenvalue weighted by molar-refractivity contribution is -0.138. The van der Waals surface area contributed by atoms with Gasteiger partial charge >= 0.3 is 6.09 Å². The van der Waals surface area contributed by atoms with Crippen LogP contribution in [0.1, 0.15) is 38.7 Å². The molecule has 0 saturated carbocycles. The van der Waals surface area contributed by atoms with E-state index in [1.165, 1.54) is 24.5 Å². The van der Waals surface area contributed by atoms with E-state index in [4.69, 9.17) is 4.74 Å². The Morgan fingerprint density at radius 2 is 1.83 bits per heavy atom. The first-order valence-electron chi connectivity index (χ1n) is 11.5. The minimum Gasteiger partial charge on any atom is -0.416 e. The van der Waals surface area contributed by atoms with E-state index in [-0.39, 0.29) is 23.3 Å². The van der Waals surface area contributed by atoms with Crippen LogP contribution in [-0.4, -0.2) is 72.1 Å². The van der Waals surface area contributed by atoms with Crippen molar-refractivity contribution < 1.29 is 27.5 Å². The van der Waals surface area contributed by atoms with Crippen molar-refractivity contribution in [2.75, 3.05) is 19.6 Å². The van der Waals surface area contributed by atoms with Crippen LogP contribution in [0.25, 0.3) is 0 Å². The largest absolute Gasteiger partial charge is 0.416 e. The lowest BCUT2D eigenvalue weighted by Gasteiger charge is -2.39. The molecule has 0 bridgehead atoms. The zero-order valence-corrected chi connectivity index (χ0v) is 21.1. The van der Waals surface area contributed by atoms with Gasteiger partial charge in [0.1, 0.15) is 6.04 Å². The molecule has 0 aromatic heterocycles. The Morgan fingerprint density at radius 1 is 1.20 bits per heavy atom. The van der Waals surface area contributed by atoms with E-state index in [1.54, 1.807) is 28.9 Å². The molecule has 0 spiro atoms. The van der Waals surface area contributed by atoms with Gasteiger partial charge in [-0.2, -0.15) is 0 Å². The van der Waals surface area contributed by atoms with E-state index in [0.717, 1.165) is 9.87 Å². The lowest BCUT2D eigenvalue weighted by Crippen LogP contribution is -2.53. The first-order valence-corrected chi connectivity index (χ1v) is 13.0. The molecular formula is C24H32N4O6S. The van der Waals surface area contributed by atoms with Crippen LogP contribution in [0.2, 0.25) is 0 Å². The molecule has 190 valence electrons. The van der Waals surface area contributed by atoms with Crippen LogP contribution in [-0.2, 0) is 24.3 Å². The number of carbonyl (C=O) groups is 3. The van der Waals surface area contributed by atoms with Gasteiger partial charge in [-0.1, -0.05) is 24.3 Å². The van der Waals surface area contributed by atoms with Crippen molar-refractivity contribution in [2.45, 2.75) is 57.0 Å². The summed E-state index contributed by atoms with van der Waals surface area (Å²) in [6.07, 6.45) is 2.86. The maximum Gasteiger partial charge on any atom is 0.414 e. The van der Waals surface area contributed by atoms with Gasteiger partial charge < -0.3 is 19.9 Å². The zero-order valence-electron chi connectivity index (χ0n) is 20.3. The van der Waals surface area contributed by atoms with E-state index in [0.29, 0.717) is 38.2 Å². The molecule has 0 radical (unpaired) electrons. The summed E-state index contributed by atoms with van der Waals surface area (Å²) in [5.74, 6) is -0.576. The average molecular weight is 505 g/mol. The summed E-state index contributed by atoms with van der Waals surface area (Å²) in [5.41, 5.74) is 0.903. The Morgan fingerprint density at radius 3 is 2.40 bits per heavy atom. The molecule has 0 aliphatic carbocycles. The maximum absolute atomic E-state index is 13.3. The summed E-state index contributed by atoms with van der Waals surface area (Å²) in [5, 5.41) is 2.51. The van der Waals surface area contributed by atoms with Crippen molar-refractivity contribution in [1.29, 1.82) is 0 Å². The van der Waals surface area contributed by atoms with E-state index in [2.05, 4.69) is 11.9 Å². The smallest absolute Gasteiger partial charge is 0.414 e. The van der Waals surface area contributed by atoms with Crippen LogP contribution < -0.4 is 5.32 Å². The number of amides is 3. The summed E-state index contributed by atoms with van der Waals surface area (Å²) in [7, 11) is -4.04. The number of benzene rings is 1. The highest BCUT2D eigenvalue weighted by Gasteiger charge is 2.39. The van der Waals surface area contributed by atoms with Gasteiger partial charge in [0.25, 0.3) is 10.0 Å². The topological polar surface area (TPSA) is 116 Å². The van der Waals surface area contributed by atoms with Gasteiger partial charge in [-0.25, -0.2) is 13.2 Å². The monoisotopic (exact) mass is 504 g/mol. The zero-order chi connectivity index (χ0) is 25.8. The van der Waals surface area contributed by atoms with Gasteiger partial charge in [-0.3, -0.25) is 13.9 Å². The van der Waals surface area contributed by atoms with E-state index in [1.807, 2.05) is 13.8 Å². The Labute approximate surface area is 206 Å². The number of likely N-dealkylation sites (tertiary alicyclic amines) is 1. The molecule has 1 saturated heterocycles. The Kier molecular flexibility index (Phi) is 8.21. The second-order valence-electron chi connectivity index (χ2n) is 8.66. The first kappa shape index (κ1) is 26.3. The van der Waals surface area contributed by atoms with Gasteiger partial charge in [-0.05, 0) is 45.7 Å². The standard InChI is InChI=1S/C24H32N4O6S/c1-5-27(19-10-13-26(14-11-19)24(31)34-17(2)3)22(29)16-21-23(30)25-12-15-28(21)35(32,33)20-8-6-18(4)7-9-20/h6-9,12,15,19,21H,2,5,10-11,13-14,16H2,1,3-4H3,(H,25,30)/t21-/m1/s1. The van der Waals surface area contributed by atoms with Crippen molar-refractivity contribution in [3.8, 4) is 0 Å². The molecule has 3 amide bonds. The molecule has 0 unspecified atom stereocenters. The summed E-state index contributed by atoms with van der Waals surface area (Å²) < 4.78 is 32.5. The summed E-state index contributed by atoms with van der Waals surface area (Å²) in [4.78, 5) is 41.3. The predicted molar refractivity (Wildman–Crippen MR) is 129 cm³/mol. The molecule has 1 N–H and O–H groups in total. The van der Waals surface area contributed by atoms with Crippen molar-refractivity contribution in [1.82, 2.24) is 19.4 Å². The number of allylic oxidation sites excluding steroid dienone is 1. The number of piperidine rings is 1. The molecule has 1 aromatic carbocycles. The number of nitrogens with one attached hydrogen (secondary N) is 1. The highest BCUT2D eigenvalue weighted by molar-refractivity contribution is 7.89. The molecule has 1 fully saturated rings. The highest BCUT2D eigenvalue weighted by Crippen LogP contribution is 2.25. The van der Waals surface area contributed by atoms with Gasteiger partial charge in [0, 0.05) is 38.1 Å². The Balaban J connectivity index is 1.72. The third-order valence-electron chi connectivity index (χ3n) is 6.11. The summed E-state index contributed by atoms with van der Waals surface area (Å²) >= 11 is 0. The number of carbonyl (C=O) groups excluding carboxylic acids is 3. The van der Waals surface area contributed by atoms with Gasteiger partial charge in [0.05, 0.1) is 17.1 Å². The number of rotatable bonds is 7. The van der Waals surface area contributed by atoms with Crippen molar-refractivity contribution >= 4 is 27.9 Å². The molecular weight excluding hydrogens is 472 g/mol. The van der Waals surface area contributed by atoms with Crippen LogP contribution in [0, 0.1) is 6.92 Å². The maximum atomic E-state index is 13.3. The van der Waals surface area contributed by atoms with E-state index >= 15 is 0 Å². The van der Waals surface area contributed by atoms with Gasteiger partial charge in [0.2, 0.25) is 11.8 Å². The fraction of sp³-hybridized carbons (Fsp3) is 0.458. The highest BCUT2D eigenvalue weighted by atomic mass is 32.2. The average Bonchev–Trinajstić information content (AvgIpc) is 2.81. The van der Waals surface area contributed by atoms with Crippen molar-refractivity contribution in [3.63, 3.8) is 0 Å². The van der Waals surface area contributed by atoms with Gasteiger partial charge in [0.15, 0.2) is 0 Å². The summed E-state index contributed by atoms with van der Waals surface area (Å²) in [6.45, 7) is 10.1.